The van der Waals surface area contributed by atoms with Crippen LogP contribution in [-0.4, -0.2) is 20.4 Å². The second-order valence-corrected chi connectivity index (χ2v) is 8.51. The molecule has 4 nitrogen and oxygen atoms in total. The molecule has 6 heteroatoms. The molecule has 1 aliphatic heterocycles. The van der Waals surface area contributed by atoms with E-state index in [0.717, 1.165) is 16.9 Å². The quantitative estimate of drug-likeness (QED) is 0.936. The number of sulfone groups is 1. The van der Waals surface area contributed by atoms with E-state index in [-0.39, 0.29) is 17.7 Å². The molecule has 0 aliphatic carbocycles. The minimum absolute atomic E-state index is 0.0353. The first kappa shape index (κ1) is 15.2. The van der Waals surface area contributed by atoms with Crippen molar-refractivity contribution in [3.05, 3.63) is 40.8 Å². The lowest BCUT2D eigenvalue weighted by molar-refractivity contribution is 0.0943. The van der Waals surface area contributed by atoms with Crippen molar-refractivity contribution < 1.29 is 13.2 Å². The van der Waals surface area contributed by atoms with E-state index in [1.807, 2.05) is 19.9 Å². The molecule has 116 valence electrons. The van der Waals surface area contributed by atoms with Gasteiger partial charge in [-0.05, 0) is 31.0 Å². The van der Waals surface area contributed by atoms with Crippen LogP contribution in [-0.2, 0) is 15.6 Å². The zero-order chi connectivity index (χ0) is 15.9. The number of carbonyl (C=O) groups excluding carboxylic acids is 1. The van der Waals surface area contributed by atoms with Crippen molar-refractivity contribution in [2.24, 2.45) is 0 Å². The number of hydrogen-bond donors (Lipinski definition) is 1. The van der Waals surface area contributed by atoms with Crippen LogP contribution in [0.5, 0.6) is 0 Å². The van der Waals surface area contributed by atoms with Gasteiger partial charge in [0.05, 0.1) is 15.5 Å². The Morgan fingerprint density at radius 1 is 1.36 bits per heavy atom. The molecule has 0 saturated heterocycles. The van der Waals surface area contributed by atoms with Gasteiger partial charge < -0.3 is 5.32 Å². The molecule has 1 aromatic carbocycles. The molecule has 0 spiro atoms. The van der Waals surface area contributed by atoms with Crippen molar-refractivity contribution in [2.45, 2.75) is 37.0 Å². The highest BCUT2D eigenvalue weighted by molar-refractivity contribution is 7.91. The van der Waals surface area contributed by atoms with E-state index in [9.17, 15) is 13.2 Å². The molecule has 2 heterocycles. The molecule has 1 N–H and O–H groups in total. The van der Waals surface area contributed by atoms with Crippen molar-refractivity contribution in [2.75, 3.05) is 0 Å². The molecule has 1 aliphatic rings. The number of rotatable bonds is 3. The zero-order valence-corrected chi connectivity index (χ0v) is 14.1. The number of hydrogen-bond acceptors (Lipinski definition) is 4. The van der Waals surface area contributed by atoms with Gasteiger partial charge in [-0.25, -0.2) is 8.42 Å². The Bertz CT molecular complexity index is 837. The molecule has 0 radical (unpaired) electrons. The molecule has 0 saturated carbocycles. The second kappa shape index (κ2) is 5.52. The van der Waals surface area contributed by atoms with E-state index in [2.05, 4.69) is 5.32 Å². The second-order valence-electron chi connectivity index (χ2n) is 5.50. The third kappa shape index (κ3) is 2.57. The number of nitrogens with one attached hydrogen (secondary N) is 1. The van der Waals surface area contributed by atoms with E-state index in [0.29, 0.717) is 15.3 Å². The van der Waals surface area contributed by atoms with Gasteiger partial charge in [-0.1, -0.05) is 25.1 Å². The predicted molar refractivity (Wildman–Crippen MR) is 87.9 cm³/mol. The smallest absolute Gasteiger partial charge is 0.261 e. The number of carbonyl (C=O) groups is 1. The van der Waals surface area contributed by atoms with Crippen LogP contribution in [0.4, 0.5) is 0 Å². The van der Waals surface area contributed by atoms with Crippen LogP contribution in [0, 0.1) is 0 Å². The van der Waals surface area contributed by atoms with E-state index in [4.69, 9.17) is 0 Å². The fourth-order valence-electron chi connectivity index (χ4n) is 2.48. The van der Waals surface area contributed by atoms with Crippen LogP contribution < -0.4 is 5.32 Å². The van der Waals surface area contributed by atoms with Crippen LogP contribution in [0.15, 0.2) is 35.2 Å². The Balaban J connectivity index is 2.04. The fourth-order valence-corrected chi connectivity index (χ4v) is 5.34. The number of thiophene rings is 1. The highest BCUT2D eigenvalue weighted by Crippen LogP contribution is 2.42. The topological polar surface area (TPSA) is 63.2 Å². The summed E-state index contributed by atoms with van der Waals surface area (Å²) in [4.78, 5) is 14.1. The van der Waals surface area contributed by atoms with Gasteiger partial charge >= 0.3 is 0 Å². The van der Waals surface area contributed by atoms with Crippen LogP contribution in [0.3, 0.4) is 0 Å². The van der Waals surface area contributed by atoms with Crippen LogP contribution in [0.1, 0.15) is 35.5 Å². The van der Waals surface area contributed by atoms with Crippen molar-refractivity contribution in [3.8, 4) is 10.4 Å². The lowest BCUT2D eigenvalue weighted by Gasteiger charge is -2.15. The zero-order valence-electron chi connectivity index (χ0n) is 12.4. The number of amides is 1. The summed E-state index contributed by atoms with van der Waals surface area (Å²) in [6, 6.07) is 8.80. The molecule has 2 aromatic rings. The third-order valence-corrected chi connectivity index (χ3v) is 6.76. The summed E-state index contributed by atoms with van der Waals surface area (Å²) in [5.41, 5.74) is 1.43. The summed E-state index contributed by atoms with van der Waals surface area (Å²) in [5, 5.41) is 2.92. The van der Waals surface area contributed by atoms with Gasteiger partial charge in [-0.2, -0.15) is 0 Å². The minimum Gasteiger partial charge on any atom is -0.349 e. The normalized spacial score (nSPS) is 16.5. The average molecular weight is 335 g/mol. The molecular weight excluding hydrogens is 318 g/mol. The Morgan fingerprint density at radius 3 is 2.82 bits per heavy atom. The van der Waals surface area contributed by atoms with Gasteiger partial charge in [0.2, 0.25) is 0 Å². The lowest BCUT2D eigenvalue weighted by atomic mass is 10.1. The maximum absolute atomic E-state index is 12.3. The third-order valence-electron chi connectivity index (χ3n) is 3.83. The largest absolute Gasteiger partial charge is 0.349 e. The van der Waals surface area contributed by atoms with E-state index in [1.165, 1.54) is 11.3 Å². The summed E-state index contributed by atoms with van der Waals surface area (Å²) in [5.74, 6) is -0.171. The summed E-state index contributed by atoms with van der Waals surface area (Å²) in [6.07, 6.45) is 0.855. The Morgan fingerprint density at radius 2 is 2.09 bits per heavy atom. The van der Waals surface area contributed by atoms with Crippen LogP contribution in [0.25, 0.3) is 10.4 Å². The standard InChI is InChI=1S/C16H17NO3S2/c1-3-10(2)17-16(18)13-8-11-9-22(19,20)14-7-5-4-6-12(14)15(11)21-13/h4-8,10H,3,9H2,1-2H3,(H,17,18)/t10-/m0/s1. The lowest BCUT2D eigenvalue weighted by Crippen LogP contribution is -2.31. The average Bonchev–Trinajstić information content (AvgIpc) is 2.90. The Hall–Kier alpha value is -1.66. The van der Waals surface area contributed by atoms with Crippen LogP contribution in [0.2, 0.25) is 0 Å². The molecule has 22 heavy (non-hydrogen) atoms. The van der Waals surface area contributed by atoms with Crippen molar-refractivity contribution in [1.82, 2.24) is 5.32 Å². The summed E-state index contributed by atoms with van der Waals surface area (Å²) < 4.78 is 24.7. The SMILES string of the molecule is CC[C@H](C)NC(=O)c1cc2c(s1)-c1ccccc1S(=O)(=O)C2. The van der Waals surface area contributed by atoms with Gasteiger partial charge in [0.15, 0.2) is 9.84 Å². The number of benzene rings is 1. The molecular formula is C16H17NO3S2. The summed E-state index contributed by atoms with van der Waals surface area (Å²) in [7, 11) is -3.32. The predicted octanol–water partition coefficient (Wildman–Crippen LogP) is 3.23. The first-order chi connectivity index (χ1) is 10.4. The van der Waals surface area contributed by atoms with Gasteiger partial charge in [-0.15, -0.1) is 11.3 Å². The summed E-state index contributed by atoms with van der Waals surface area (Å²) >= 11 is 1.36. The number of fused-ring (bicyclic) bond motifs is 3. The minimum atomic E-state index is -3.32. The van der Waals surface area contributed by atoms with Gasteiger partial charge in [-0.3, -0.25) is 4.79 Å². The molecule has 0 bridgehead atoms. The first-order valence-electron chi connectivity index (χ1n) is 7.18. The molecule has 0 unspecified atom stereocenters. The molecule has 1 aromatic heterocycles. The maximum atomic E-state index is 12.3. The van der Waals surface area contributed by atoms with Gasteiger partial charge in [0, 0.05) is 16.5 Å². The van der Waals surface area contributed by atoms with Crippen molar-refractivity contribution in [3.63, 3.8) is 0 Å². The fraction of sp³-hybridized carbons (Fsp3) is 0.312. The highest BCUT2D eigenvalue weighted by Gasteiger charge is 2.30. The van der Waals surface area contributed by atoms with Gasteiger partial charge in [0.1, 0.15) is 0 Å². The molecule has 3 rings (SSSR count). The van der Waals surface area contributed by atoms with Crippen molar-refractivity contribution >= 4 is 27.1 Å². The first-order valence-corrected chi connectivity index (χ1v) is 9.65. The summed E-state index contributed by atoms with van der Waals surface area (Å²) in [6.45, 7) is 3.96. The van der Waals surface area contributed by atoms with E-state index >= 15 is 0 Å². The van der Waals surface area contributed by atoms with Crippen LogP contribution >= 0.6 is 11.3 Å². The Labute approximate surface area is 134 Å². The van der Waals surface area contributed by atoms with E-state index in [1.54, 1.807) is 24.3 Å². The van der Waals surface area contributed by atoms with Gasteiger partial charge in [0.25, 0.3) is 5.91 Å². The molecule has 1 atom stereocenters. The van der Waals surface area contributed by atoms with E-state index < -0.39 is 9.84 Å². The molecule has 0 fully saturated rings. The highest BCUT2D eigenvalue weighted by atomic mass is 32.2. The molecule has 1 amide bonds. The monoisotopic (exact) mass is 335 g/mol. The van der Waals surface area contributed by atoms with Crippen molar-refractivity contribution in [1.29, 1.82) is 0 Å². The maximum Gasteiger partial charge on any atom is 0.261 e. The Kier molecular flexibility index (Phi) is 3.82.